The molecule has 0 aliphatic heterocycles. The minimum Gasteiger partial charge on any atom is -0.345 e. The molecule has 3 heterocycles. The summed E-state index contributed by atoms with van der Waals surface area (Å²) >= 11 is 0. The van der Waals surface area contributed by atoms with Gasteiger partial charge in [-0.25, -0.2) is 17.8 Å². The molecule has 0 aliphatic carbocycles. The monoisotopic (exact) mass is 439 g/mol. The normalized spacial score (nSPS) is 12.6. The van der Waals surface area contributed by atoms with Crippen LogP contribution in [-0.2, 0) is 9.84 Å². The summed E-state index contributed by atoms with van der Waals surface area (Å²) in [5.74, 6) is -0.750. The van der Waals surface area contributed by atoms with E-state index in [0.717, 1.165) is 6.26 Å². The number of aromatic amines is 1. The maximum Gasteiger partial charge on any atom is 0.254 e. The van der Waals surface area contributed by atoms with Crippen LogP contribution in [0.15, 0.2) is 60.0 Å². The third-order valence-corrected chi connectivity index (χ3v) is 5.82. The van der Waals surface area contributed by atoms with Crippen molar-refractivity contribution in [1.82, 2.24) is 25.5 Å². The van der Waals surface area contributed by atoms with Gasteiger partial charge in [0.25, 0.3) is 5.91 Å². The average Bonchev–Trinajstić information content (AvgIpc) is 3.23. The molecule has 1 atom stereocenters. The fourth-order valence-electron chi connectivity index (χ4n) is 3.20. The Hall–Kier alpha value is -3.66. The molecule has 0 spiro atoms. The van der Waals surface area contributed by atoms with E-state index in [0.29, 0.717) is 33.3 Å². The van der Waals surface area contributed by atoms with Crippen molar-refractivity contribution in [3.63, 3.8) is 0 Å². The third-order valence-electron chi connectivity index (χ3n) is 4.84. The number of nitrogens with one attached hydrogen (secondary N) is 2. The molecule has 1 amide bonds. The second-order valence-corrected chi connectivity index (χ2v) is 9.04. The van der Waals surface area contributed by atoms with Crippen LogP contribution < -0.4 is 5.32 Å². The van der Waals surface area contributed by atoms with Crippen LogP contribution in [0.5, 0.6) is 0 Å². The number of carbonyl (C=O) groups is 1. The van der Waals surface area contributed by atoms with Gasteiger partial charge in [0.2, 0.25) is 0 Å². The largest absolute Gasteiger partial charge is 0.345 e. The van der Waals surface area contributed by atoms with Gasteiger partial charge >= 0.3 is 0 Å². The van der Waals surface area contributed by atoms with E-state index in [2.05, 4.69) is 25.5 Å². The van der Waals surface area contributed by atoms with Crippen molar-refractivity contribution in [2.24, 2.45) is 0 Å². The quantitative estimate of drug-likeness (QED) is 0.494. The number of halogens is 1. The zero-order valence-corrected chi connectivity index (χ0v) is 17.4. The summed E-state index contributed by atoms with van der Waals surface area (Å²) in [5.41, 5.74) is 2.68. The molecule has 4 aromatic rings. The van der Waals surface area contributed by atoms with E-state index in [9.17, 15) is 17.6 Å². The number of carbonyl (C=O) groups excluding carboxylic acids is 1. The summed E-state index contributed by atoms with van der Waals surface area (Å²) < 4.78 is 36.7. The Bertz CT molecular complexity index is 1380. The zero-order valence-electron chi connectivity index (χ0n) is 16.6. The SMILES string of the molecule is CC(NC(=O)c1cnc(-c2ccc(F)cc2)c2[nH]ncc12)c1ccnc(S(C)(=O)=O)c1. The molecule has 2 N–H and O–H groups in total. The van der Waals surface area contributed by atoms with Gasteiger partial charge in [-0.2, -0.15) is 5.10 Å². The first-order valence-corrected chi connectivity index (χ1v) is 11.2. The zero-order chi connectivity index (χ0) is 22.2. The molecule has 1 unspecified atom stereocenters. The van der Waals surface area contributed by atoms with Crippen LogP contribution in [0.4, 0.5) is 4.39 Å². The summed E-state index contributed by atoms with van der Waals surface area (Å²) in [6.45, 7) is 1.74. The number of hydrogen-bond acceptors (Lipinski definition) is 6. The molecule has 0 bridgehead atoms. The smallest absolute Gasteiger partial charge is 0.254 e. The molecular weight excluding hydrogens is 421 g/mol. The van der Waals surface area contributed by atoms with Crippen LogP contribution in [0, 0.1) is 5.82 Å². The number of hydrogen-bond donors (Lipinski definition) is 2. The second kappa shape index (κ2) is 7.88. The molecule has 31 heavy (non-hydrogen) atoms. The molecule has 3 aromatic heterocycles. The number of nitrogens with zero attached hydrogens (tertiary/aromatic N) is 3. The maximum absolute atomic E-state index is 13.2. The van der Waals surface area contributed by atoms with Gasteiger partial charge in [-0.05, 0) is 48.9 Å². The molecule has 0 saturated heterocycles. The minimum absolute atomic E-state index is 0.0614. The van der Waals surface area contributed by atoms with Crippen molar-refractivity contribution < 1.29 is 17.6 Å². The number of aromatic nitrogens is 4. The number of pyridine rings is 2. The van der Waals surface area contributed by atoms with Gasteiger partial charge < -0.3 is 5.32 Å². The van der Waals surface area contributed by atoms with Crippen LogP contribution in [-0.4, -0.2) is 40.7 Å². The summed E-state index contributed by atoms with van der Waals surface area (Å²) in [5, 5.41) is 10.2. The Morgan fingerprint density at radius 3 is 2.58 bits per heavy atom. The molecule has 158 valence electrons. The Balaban J connectivity index is 1.64. The number of amides is 1. The highest BCUT2D eigenvalue weighted by Crippen LogP contribution is 2.27. The highest BCUT2D eigenvalue weighted by Gasteiger charge is 2.19. The fraction of sp³-hybridized carbons (Fsp3) is 0.143. The van der Waals surface area contributed by atoms with Gasteiger partial charge in [0.05, 0.1) is 29.0 Å². The van der Waals surface area contributed by atoms with Crippen LogP contribution in [0.2, 0.25) is 0 Å². The lowest BCUT2D eigenvalue weighted by molar-refractivity contribution is 0.0941. The van der Waals surface area contributed by atoms with E-state index in [-0.39, 0.29) is 10.8 Å². The Kier molecular flexibility index (Phi) is 5.24. The van der Waals surface area contributed by atoms with Crippen molar-refractivity contribution in [3.8, 4) is 11.3 Å². The van der Waals surface area contributed by atoms with Gasteiger partial charge in [-0.1, -0.05) is 0 Å². The lowest BCUT2D eigenvalue weighted by Gasteiger charge is -2.15. The Labute approximate surface area is 177 Å². The number of benzene rings is 1. The Morgan fingerprint density at radius 1 is 1.13 bits per heavy atom. The molecule has 1 aromatic carbocycles. The lowest BCUT2D eigenvalue weighted by Crippen LogP contribution is -2.27. The van der Waals surface area contributed by atoms with Crippen molar-refractivity contribution in [3.05, 3.63) is 71.9 Å². The first kappa shape index (κ1) is 20.6. The molecule has 8 nitrogen and oxygen atoms in total. The summed E-state index contributed by atoms with van der Waals surface area (Å²) in [6.07, 6.45) is 5.43. The van der Waals surface area contributed by atoms with Crippen molar-refractivity contribution in [1.29, 1.82) is 0 Å². The standard InChI is InChI=1S/C21H18FN5O3S/c1-12(14-7-8-23-18(9-14)31(2,29)30)26-21(28)17-10-24-19(20-16(17)11-25-27-20)13-3-5-15(22)6-4-13/h3-12H,1-2H3,(H,25,27)(H,26,28). The van der Waals surface area contributed by atoms with E-state index >= 15 is 0 Å². The molecular formula is C21H18FN5O3S. The second-order valence-electron chi connectivity index (χ2n) is 7.08. The van der Waals surface area contributed by atoms with E-state index in [1.165, 1.54) is 36.8 Å². The van der Waals surface area contributed by atoms with Gasteiger partial charge in [0, 0.05) is 29.6 Å². The Morgan fingerprint density at radius 2 is 1.87 bits per heavy atom. The highest BCUT2D eigenvalue weighted by atomic mass is 32.2. The highest BCUT2D eigenvalue weighted by molar-refractivity contribution is 7.90. The van der Waals surface area contributed by atoms with Gasteiger partial charge in [0.15, 0.2) is 14.9 Å². The molecule has 0 fully saturated rings. The first-order valence-electron chi connectivity index (χ1n) is 9.29. The summed E-state index contributed by atoms with van der Waals surface area (Å²) in [4.78, 5) is 21.2. The molecule has 0 radical (unpaired) electrons. The van der Waals surface area contributed by atoms with Gasteiger partial charge in [-0.3, -0.25) is 14.9 Å². The van der Waals surface area contributed by atoms with Gasteiger partial charge in [0.1, 0.15) is 5.82 Å². The predicted octanol–water partition coefficient (Wildman–Crippen LogP) is 3.05. The minimum atomic E-state index is -3.46. The van der Waals surface area contributed by atoms with E-state index in [4.69, 9.17) is 0 Å². The summed E-state index contributed by atoms with van der Waals surface area (Å²) in [6, 6.07) is 8.47. The van der Waals surface area contributed by atoms with Crippen molar-refractivity contribution >= 4 is 26.6 Å². The van der Waals surface area contributed by atoms with E-state index in [1.54, 1.807) is 25.1 Å². The van der Waals surface area contributed by atoms with E-state index in [1.807, 2.05) is 0 Å². The van der Waals surface area contributed by atoms with Crippen molar-refractivity contribution in [2.75, 3.05) is 6.26 Å². The molecule has 4 rings (SSSR count). The molecule has 0 aliphatic rings. The number of H-pyrrole nitrogens is 1. The first-order chi connectivity index (χ1) is 14.7. The van der Waals surface area contributed by atoms with Crippen LogP contribution in [0.1, 0.15) is 28.9 Å². The number of rotatable bonds is 5. The molecule has 10 heteroatoms. The predicted molar refractivity (Wildman–Crippen MR) is 113 cm³/mol. The molecule has 0 saturated carbocycles. The van der Waals surface area contributed by atoms with Crippen LogP contribution >= 0.6 is 0 Å². The maximum atomic E-state index is 13.2. The number of sulfone groups is 1. The summed E-state index contributed by atoms with van der Waals surface area (Å²) in [7, 11) is -3.46. The van der Waals surface area contributed by atoms with E-state index < -0.39 is 21.8 Å². The van der Waals surface area contributed by atoms with Crippen LogP contribution in [0.25, 0.3) is 22.2 Å². The average molecular weight is 439 g/mol. The third kappa shape index (κ3) is 4.15. The van der Waals surface area contributed by atoms with Gasteiger partial charge in [-0.15, -0.1) is 0 Å². The number of fused-ring (bicyclic) bond motifs is 1. The van der Waals surface area contributed by atoms with Crippen molar-refractivity contribution in [2.45, 2.75) is 18.0 Å². The van der Waals surface area contributed by atoms with Crippen LogP contribution in [0.3, 0.4) is 0 Å². The topological polar surface area (TPSA) is 118 Å². The fourth-order valence-corrected chi connectivity index (χ4v) is 3.80. The lowest BCUT2D eigenvalue weighted by atomic mass is 10.1.